The van der Waals surface area contributed by atoms with Gasteiger partial charge >= 0.3 is 11.9 Å². The first kappa shape index (κ1) is 77.7. The van der Waals surface area contributed by atoms with Crippen LogP contribution in [-0.4, -0.2) is 82.3 Å². The van der Waals surface area contributed by atoms with Crippen LogP contribution in [0.15, 0.2) is 72.9 Å². The summed E-state index contributed by atoms with van der Waals surface area (Å²) in [5.74, 6) is -2.27. The number of likely N-dealkylation sites (N-methyl/N-ethyl adjacent to an activating group) is 1. The average Bonchev–Trinajstić information content (AvgIpc) is 3.44. The Morgan fingerprint density at radius 1 is 0.383 bits per heavy atom. The molecular formula is C72H129NO8. The van der Waals surface area contributed by atoms with E-state index in [1.54, 1.807) is 0 Å². The lowest BCUT2D eigenvalue weighted by molar-refractivity contribution is -0.870. The maximum absolute atomic E-state index is 12.9. The minimum absolute atomic E-state index is 0.146. The van der Waals surface area contributed by atoms with Crippen molar-refractivity contribution in [2.24, 2.45) is 0 Å². The number of rotatable bonds is 63. The Balaban J connectivity index is 4.14. The van der Waals surface area contributed by atoms with E-state index in [0.29, 0.717) is 23.9 Å². The summed E-state index contributed by atoms with van der Waals surface area (Å²) in [7, 11) is 5.93. The highest BCUT2D eigenvalue weighted by Crippen LogP contribution is 2.18. The van der Waals surface area contributed by atoms with Gasteiger partial charge in [-0.2, -0.15) is 0 Å². The zero-order valence-corrected chi connectivity index (χ0v) is 53.7. The molecule has 0 aromatic carbocycles. The standard InChI is InChI=1S/C72H129NO8/c1-6-8-10-12-14-16-18-20-22-24-26-28-30-32-34-35-37-39-41-43-45-47-49-51-53-55-57-59-61-63-70(75)81-68(67-80-72(71(76)77)78-65-64-73(3,4)5)66-79-69(74)62-60-58-56-54-52-50-48-46-44-42-40-38-36-33-31-29-27-25-23-21-19-17-15-13-11-9-7-2/h8,10,14,16,20,22,26,28,32,34,37,39,68,72H,6-7,9,11-13,15,17-19,21,23-25,27,29-31,33,35-36,38,40-67H2,1-5H3/b10-8-,16-14-,22-20-,28-26-,34-32-,39-37-. The van der Waals surface area contributed by atoms with Crippen LogP contribution in [-0.2, 0) is 33.3 Å². The maximum Gasteiger partial charge on any atom is 0.306 e. The summed E-state index contributed by atoms with van der Waals surface area (Å²) in [4.78, 5) is 37.5. The minimum atomic E-state index is -1.62. The number of aliphatic carboxylic acids is 1. The lowest BCUT2D eigenvalue weighted by Gasteiger charge is -2.26. The van der Waals surface area contributed by atoms with E-state index in [-0.39, 0.29) is 32.2 Å². The number of carbonyl (C=O) groups is 3. The van der Waals surface area contributed by atoms with Gasteiger partial charge in [0.1, 0.15) is 13.2 Å². The van der Waals surface area contributed by atoms with Crippen molar-refractivity contribution in [2.75, 3.05) is 47.5 Å². The van der Waals surface area contributed by atoms with E-state index in [1.807, 2.05) is 21.1 Å². The Bertz CT molecular complexity index is 1560. The number of hydrogen-bond acceptors (Lipinski definition) is 8. The van der Waals surface area contributed by atoms with Crippen LogP contribution in [0.3, 0.4) is 0 Å². The maximum atomic E-state index is 12.9. The van der Waals surface area contributed by atoms with Crippen molar-refractivity contribution in [3.63, 3.8) is 0 Å². The summed E-state index contributed by atoms with van der Waals surface area (Å²) in [6.45, 7) is 4.67. The van der Waals surface area contributed by atoms with E-state index in [4.69, 9.17) is 18.9 Å². The molecular weight excluding hydrogens is 1010 g/mol. The van der Waals surface area contributed by atoms with Crippen molar-refractivity contribution < 1.29 is 42.9 Å². The van der Waals surface area contributed by atoms with Gasteiger partial charge in [0.15, 0.2) is 12.4 Å². The van der Waals surface area contributed by atoms with Gasteiger partial charge in [-0.1, -0.05) is 305 Å². The molecule has 0 heterocycles. The number of quaternary nitrogens is 1. The summed E-state index contributed by atoms with van der Waals surface area (Å²) < 4.78 is 22.8. The van der Waals surface area contributed by atoms with Gasteiger partial charge in [0.2, 0.25) is 0 Å². The lowest BCUT2D eigenvalue weighted by Crippen LogP contribution is -2.44. The molecule has 0 radical (unpaired) electrons. The third-order valence-corrected chi connectivity index (χ3v) is 15.0. The quantitative estimate of drug-likeness (QED) is 0.0195. The van der Waals surface area contributed by atoms with Gasteiger partial charge in [-0.3, -0.25) is 9.59 Å². The Morgan fingerprint density at radius 3 is 1.05 bits per heavy atom. The van der Waals surface area contributed by atoms with Gasteiger partial charge in [0.05, 0.1) is 40.3 Å². The highest BCUT2D eigenvalue weighted by molar-refractivity contribution is 5.70. The Kier molecular flexibility index (Phi) is 60.2. The molecule has 9 heteroatoms. The molecule has 0 saturated heterocycles. The zero-order valence-electron chi connectivity index (χ0n) is 53.7. The normalized spacial score (nSPS) is 13.1. The second kappa shape index (κ2) is 62.8. The molecule has 0 amide bonds. The summed E-state index contributed by atoms with van der Waals surface area (Å²) in [6.07, 6.45) is 79.8. The predicted molar refractivity (Wildman–Crippen MR) is 343 cm³/mol. The third kappa shape index (κ3) is 64.1. The molecule has 470 valence electrons. The van der Waals surface area contributed by atoms with Gasteiger partial charge in [-0.25, -0.2) is 0 Å². The van der Waals surface area contributed by atoms with Crippen LogP contribution in [0, 0.1) is 0 Å². The number of esters is 2. The number of carbonyl (C=O) groups excluding carboxylic acids is 3. The summed E-state index contributed by atoms with van der Waals surface area (Å²) in [6, 6.07) is 0. The molecule has 0 aromatic heterocycles. The first-order valence-electron chi connectivity index (χ1n) is 34.1. The van der Waals surface area contributed by atoms with E-state index >= 15 is 0 Å². The lowest BCUT2D eigenvalue weighted by atomic mass is 10.0. The molecule has 0 saturated carbocycles. The molecule has 0 aliphatic rings. The van der Waals surface area contributed by atoms with Crippen LogP contribution in [0.2, 0.25) is 0 Å². The predicted octanol–water partition coefficient (Wildman–Crippen LogP) is 19.6. The van der Waals surface area contributed by atoms with Crippen molar-refractivity contribution in [3.8, 4) is 0 Å². The summed E-state index contributed by atoms with van der Waals surface area (Å²) >= 11 is 0. The molecule has 0 rings (SSSR count). The number of allylic oxidation sites excluding steroid dienone is 12. The third-order valence-electron chi connectivity index (χ3n) is 15.0. The fourth-order valence-electron chi connectivity index (χ4n) is 9.78. The van der Waals surface area contributed by atoms with E-state index < -0.39 is 24.3 Å². The monoisotopic (exact) mass is 1140 g/mol. The van der Waals surface area contributed by atoms with Gasteiger partial charge in [-0.05, 0) is 64.2 Å². The van der Waals surface area contributed by atoms with Crippen LogP contribution < -0.4 is 5.11 Å². The smallest absolute Gasteiger partial charge is 0.306 e. The van der Waals surface area contributed by atoms with Crippen molar-refractivity contribution in [1.29, 1.82) is 0 Å². The zero-order chi connectivity index (χ0) is 59.1. The summed E-state index contributed by atoms with van der Waals surface area (Å²) in [5, 5.41) is 11.8. The van der Waals surface area contributed by atoms with Crippen molar-refractivity contribution in [3.05, 3.63) is 72.9 Å². The molecule has 0 N–H and O–H groups in total. The highest BCUT2D eigenvalue weighted by Gasteiger charge is 2.22. The molecule has 0 fully saturated rings. The molecule has 0 aliphatic heterocycles. The number of hydrogen-bond donors (Lipinski definition) is 0. The fourth-order valence-corrected chi connectivity index (χ4v) is 9.78. The topological polar surface area (TPSA) is 111 Å². The Labute approximate surface area is 500 Å². The molecule has 9 nitrogen and oxygen atoms in total. The molecule has 0 aromatic rings. The van der Waals surface area contributed by atoms with Gasteiger partial charge in [0.25, 0.3) is 0 Å². The number of carboxylic acid groups (broad SMARTS) is 1. The second-order valence-electron chi connectivity index (χ2n) is 24.1. The van der Waals surface area contributed by atoms with Gasteiger partial charge < -0.3 is 33.3 Å². The first-order chi connectivity index (χ1) is 39.6. The minimum Gasteiger partial charge on any atom is -0.545 e. The Hall–Kier alpha value is -3.27. The molecule has 0 aliphatic carbocycles. The molecule has 0 bridgehead atoms. The molecule has 2 unspecified atom stereocenters. The van der Waals surface area contributed by atoms with Crippen LogP contribution in [0.4, 0.5) is 0 Å². The van der Waals surface area contributed by atoms with Crippen LogP contribution in [0.5, 0.6) is 0 Å². The average molecular weight is 1140 g/mol. The van der Waals surface area contributed by atoms with Crippen molar-refractivity contribution >= 4 is 17.9 Å². The van der Waals surface area contributed by atoms with E-state index in [9.17, 15) is 19.5 Å². The number of ether oxygens (including phenoxy) is 4. The van der Waals surface area contributed by atoms with Crippen LogP contribution in [0.1, 0.15) is 309 Å². The number of carboxylic acids is 1. The molecule has 0 spiro atoms. The van der Waals surface area contributed by atoms with Gasteiger partial charge in [-0.15, -0.1) is 0 Å². The SMILES string of the molecule is CC/C=C\C/C=C\C/C=C\C/C=C\C/C=C\C/C=C\CCCCCCCCCCCCC(=O)OC(COC(=O)CCCCCCCCCCCCCCCCCCCCCCCCCCCCC)COC(OCC[N+](C)(C)C)C(=O)[O-]. The number of nitrogens with zero attached hydrogens (tertiary/aromatic N) is 1. The fraction of sp³-hybridized carbons (Fsp3) is 0.792. The Morgan fingerprint density at radius 2 is 0.704 bits per heavy atom. The largest absolute Gasteiger partial charge is 0.545 e. The first-order valence-corrected chi connectivity index (χ1v) is 34.1. The van der Waals surface area contributed by atoms with Crippen LogP contribution in [0.25, 0.3) is 0 Å². The van der Waals surface area contributed by atoms with E-state index in [2.05, 4.69) is 86.8 Å². The highest BCUT2D eigenvalue weighted by atomic mass is 16.7. The van der Waals surface area contributed by atoms with Crippen molar-refractivity contribution in [2.45, 2.75) is 322 Å². The van der Waals surface area contributed by atoms with Crippen LogP contribution >= 0.6 is 0 Å². The van der Waals surface area contributed by atoms with E-state index in [1.165, 1.54) is 193 Å². The summed E-state index contributed by atoms with van der Waals surface area (Å²) in [5.41, 5.74) is 0. The number of unbranched alkanes of at least 4 members (excludes halogenated alkanes) is 36. The van der Waals surface area contributed by atoms with E-state index in [0.717, 1.165) is 83.5 Å². The second-order valence-corrected chi connectivity index (χ2v) is 24.1. The van der Waals surface area contributed by atoms with Gasteiger partial charge in [0, 0.05) is 12.8 Å². The van der Waals surface area contributed by atoms with Crippen molar-refractivity contribution in [1.82, 2.24) is 0 Å². The molecule has 81 heavy (non-hydrogen) atoms. The molecule has 2 atom stereocenters.